The van der Waals surface area contributed by atoms with Gasteiger partial charge >= 0.3 is 0 Å². The summed E-state index contributed by atoms with van der Waals surface area (Å²) in [5.74, 6) is 0.300. The summed E-state index contributed by atoms with van der Waals surface area (Å²) in [6.07, 6.45) is 1.30. The summed E-state index contributed by atoms with van der Waals surface area (Å²) in [7, 11) is 0. The van der Waals surface area contributed by atoms with Crippen LogP contribution >= 0.6 is 11.6 Å². The largest absolute Gasteiger partial charge is 0.368 e. The molecule has 2 aromatic heterocycles. The van der Waals surface area contributed by atoms with Gasteiger partial charge in [0.15, 0.2) is 5.65 Å². The molecule has 98 valence electrons. The number of aromatic nitrogens is 2. The Labute approximate surface area is 114 Å². The number of halogens is 1. The number of amides is 1. The molecule has 1 fully saturated rings. The Hall–Kier alpha value is -1.72. The van der Waals surface area contributed by atoms with E-state index in [0.29, 0.717) is 23.2 Å². The summed E-state index contributed by atoms with van der Waals surface area (Å²) >= 11 is 5.82. The number of carbonyl (C=O) groups excluding carboxylic acids is 1. The van der Waals surface area contributed by atoms with E-state index < -0.39 is 0 Å². The smallest absolute Gasteiger partial charge is 0.254 e. The number of nitrogens with one attached hydrogen (secondary N) is 1. The fourth-order valence-electron chi connectivity index (χ4n) is 2.04. The second kappa shape index (κ2) is 5.11. The first-order chi connectivity index (χ1) is 9.22. The zero-order chi connectivity index (χ0) is 13.2. The molecule has 1 saturated heterocycles. The molecule has 0 radical (unpaired) electrons. The van der Waals surface area contributed by atoms with Gasteiger partial charge in [-0.3, -0.25) is 4.79 Å². The third kappa shape index (κ3) is 2.67. The lowest BCUT2D eigenvalue weighted by atomic mass is 10.2. The van der Waals surface area contributed by atoms with E-state index >= 15 is 0 Å². The molecule has 0 bridgehead atoms. The predicted molar refractivity (Wildman–Crippen MR) is 72.2 cm³/mol. The maximum absolute atomic E-state index is 11.9. The maximum atomic E-state index is 11.9. The second-order valence-electron chi connectivity index (χ2n) is 4.37. The van der Waals surface area contributed by atoms with Crippen LogP contribution in [-0.4, -0.2) is 28.6 Å². The van der Waals surface area contributed by atoms with Gasteiger partial charge in [-0.2, -0.15) is 0 Å². The van der Waals surface area contributed by atoms with Crippen molar-refractivity contribution < 1.29 is 9.53 Å². The molecular weight excluding hydrogens is 266 g/mol. The highest BCUT2D eigenvalue weighted by Crippen LogP contribution is 2.18. The van der Waals surface area contributed by atoms with E-state index in [1.54, 1.807) is 12.1 Å². The van der Waals surface area contributed by atoms with Crippen LogP contribution in [0.5, 0.6) is 0 Å². The van der Waals surface area contributed by atoms with E-state index in [1.165, 1.54) is 0 Å². The average Bonchev–Trinajstić information content (AvgIpc) is 2.92. The average molecular weight is 278 g/mol. The second-order valence-corrected chi connectivity index (χ2v) is 4.76. The Bertz CT molecular complexity index is 626. The number of hydrogen-bond acceptors (Lipinski definition) is 4. The Morgan fingerprint density at radius 2 is 2.16 bits per heavy atom. The lowest BCUT2D eigenvalue weighted by Crippen LogP contribution is -2.27. The molecule has 1 atom stereocenters. The van der Waals surface area contributed by atoms with E-state index in [2.05, 4.69) is 15.3 Å². The highest BCUT2D eigenvalue weighted by Gasteiger charge is 2.23. The van der Waals surface area contributed by atoms with Crippen LogP contribution in [0.3, 0.4) is 0 Å². The van der Waals surface area contributed by atoms with Crippen LogP contribution in [0.25, 0.3) is 11.0 Å². The molecule has 0 saturated carbocycles. The molecule has 1 aliphatic heterocycles. The number of nitrogens with zero attached hydrogens (tertiary/aromatic N) is 2. The van der Waals surface area contributed by atoms with Crippen molar-refractivity contribution in [3.8, 4) is 0 Å². The van der Waals surface area contributed by atoms with E-state index in [9.17, 15) is 4.79 Å². The quantitative estimate of drug-likeness (QED) is 0.856. The third-order valence-corrected chi connectivity index (χ3v) is 3.20. The first-order valence-corrected chi connectivity index (χ1v) is 6.46. The van der Waals surface area contributed by atoms with Gasteiger partial charge in [0.05, 0.1) is 0 Å². The van der Waals surface area contributed by atoms with E-state index in [4.69, 9.17) is 16.3 Å². The molecule has 2 aromatic rings. The normalized spacial score (nSPS) is 18.7. The lowest BCUT2D eigenvalue weighted by Gasteiger charge is -2.10. The Morgan fingerprint density at radius 1 is 1.32 bits per heavy atom. The zero-order valence-electron chi connectivity index (χ0n) is 10.1. The van der Waals surface area contributed by atoms with Gasteiger partial charge in [-0.05, 0) is 37.1 Å². The topological polar surface area (TPSA) is 64.1 Å². The first kappa shape index (κ1) is 12.3. The molecule has 0 aliphatic carbocycles. The summed E-state index contributed by atoms with van der Waals surface area (Å²) in [5, 5.41) is 3.99. The van der Waals surface area contributed by atoms with E-state index in [-0.39, 0.29) is 12.0 Å². The lowest BCUT2D eigenvalue weighted by molar-refractivity contribution is -0.124. The molecule has 0 aromatic carbocycles. The third-order valence-electron chi connectivity index (χ3n) is 2.99. The van der Waals surface area contributed by atoms with Crippen molar-refractivity contribution in [2.45, 2.75) is 18.9 Å². The highest BCUT2D eigenvalue weighted by molar-refractivity contribution is 6.29. The van der Waals surface area contributed by atoms with Crippen LogP contribution in [0.4, 0.5) is 5.82 Å². The van der Waals surface area contributed by atoms with Crippen LogP contribution < -0.4 is 5.32 Å². The number of hydrogen-bond donors (Lipinski definition) is 1. The summed E-state index contributed by atoms with van der Waals surface area (Å²) in [6.45, 7) is 0.639. The highest BCUT2D eigenvalue weighted by atomic mass is 35.5. The molecular formula is C13H12ClN3O2. The minimum atomic E-state index is -0.371. The van der Waals surface area contributed by atoms with Gasteiger partial charge < -0.3 is 10.1 Å². The standard InChI is InChI=1S/C13H12ClN3O2/c14-10-5-3-8-4-6-11(16-12(8)15-10)17-13(18)9-2-1-7-19-9/h3-6,9H,1-2,7H2,(H,15,16,17,18)/t9-/m1/s1. The molecule has 6 heteroatoms. The van der Waals surface area contributed by atoms with Crippen molar-refractivity contribution >= 4 is 34.4 Å². The van der Waals surface area contributed by atoms with Gasteiger partial charge in [0.2, 0.25) is 0 Å². The Kier molecular flexibility index (Phi) is 3.31. The van der Waals surface area contributed by atoms with Crippen molar-refractivity contribution in [1.82, 2.24) is 9.97 Å². The van der Waals surface area contributed by atoms with Crippen molar-refractivity contribution in [1.29, 1.82) is 0 Å². The fourth-order valence-corrected chi connectivity index (χ4v) is 2.18. The van der Waals surface area contributed by atoms with Crippen molar-refractivity contribution in [2.75, 3.05) is 11.9 Å². The molecule has 1 amide bonds. The van der Waals surface area contributed by atoms with Crippen LogP contribution in [0, 0.1) is 0 Å². The van der Waals surface area contributed by atoms with Gasteiger partial charge in [-0.15, -0.1) is 0 Å². The van der Waals surface area contributed by atoms with Gasteiger partial charge in [0.25, 0.3) is 5.91 Å². The number of rotatable bonds is 2. The minimum absolute atomic E-state index is 0.161. The van der Waals surface area contributed by atoms with Crippen molar-refractivity contribution in [3.05, 3.63) is 29.4 Å². The number of pyridine rings is 2. The number of ether oxygens (including phenoxy) is 1. The summed E-state index contributed by atoms with van der Waals surface area (Å²) in [4.78, 5) is 20.3. The zero-order valence-corrected chi connectivity index (χ0v) is 10.9. The van der Waals surface area contributed by atoms with Gasteiger partial charge in [-0.25, -0.2) is 9.97 Å². The van der Waals surface area contributed by atoms with Gasteiger partial charge in [0, 0.05) is 12.0 Å². The Morgan fingerprint density at radius 3 is 2.95 bits per heavy atom. The monoisotopic (exact) mass is 277 g/mol. The van der Waals surface area contributed by atoms with E-state index in [0.717, 1.165) is 18.2 Å². The van der Waals surface area contributed by atoms with Crippen molar-refractivity contribution in [3.63, 3.8) is 0 Å². The number of fused-ring (bicyclic) bond motifs is 1. The Balaban J connectivity index is 1.82. The fraction of sp³-hybridized carbons (Fsp3) is 0.308. The van der Waals surface area contributed by atoms with Crippen LogP contribution in [-0.2, 0) is 9.53 Å². The molecule has 1 aliphatic rings. The molecule has 1 N–H and O–H groups in total. The molecule has 3 heterocycles. The van der Waals surface area contributed by atoms with Crippen LogP contribution in [0.1, 0.15) is 12.8 Å². The molecule has 0 spiro atoms. The van der Waals surface area contributed by atoms with Crippen LogP contribution in [0.2, 0.25) is 5.15 Å². The summed E-state index contributed by atoms with van der Waals surface area (Å²) < 4.78 is 5.32. The van der Waals surface area contributed by atoms with E-state index in [1.807, 2.05) is 12.1 Å². The van der Waals surface area contributed by atoms with Gasteiger partial charge in [0.1, 0.15) is 17.1 Å². The molecule has 0 unspecified atom stereocenters. The van der Waals surface area contributed by atoms with Gasteiger partial charge in [-0.1, -0.05) is 11.6 Å². The van der Waals surface area contributed by atoms with Crippen LogP contribution in [0.15, 0.2) is 24.3 Å². The summed E-state index contributed by atoms with van der Waals surface area (Å²) in [5.41, 5.74) is 0.512. The first-order valence-electron chi connectivity index (χ1n) is 6.08. The SMILES string of the molecule is O=C(Nc1ccc2ccc(Cl)nc2n1)[C@H]1CCCO1. The van der Waals surface area contributed by atoms with Crippen molar-refractivity contribution in [2.24, 2.45) is 0 Å². The molecule has 19 heavy (non-hydrogen) atoms. The maximum Gasteiger partial charge on any atom is 0.254 e. The number of carbonyl (C=O) groups is 1. The predicted octanol–water partition coefficient (Wildman–Crippen LogP) is 2.40. The molecule has 3 rings (SSSR count). The minimum Gasteiger partial charge on any atom is -0.368 e. The number of anilines is 1. The summed E-state index contributed by atoms with van der Waals surface area (Å²) in [6, 6.07) is 7.13. The molecule has 5 nitrogen and oxygen atoms in total.